The van der Waals surface area contributed by atoms with E-state index in [9.17, 15) is 10.2 Å². The molecule has 1 rings (SSSR count). The third kappa shape index (κ3) is 3.74. The number of aromatic nitrogens is 1. The Kier molecular flexibility index (Phi) is 5.06. The first-order valence-electron chi connectivity index (χ1n) is 5.81. The van der Waals surface area contributed by atoms with Gasteiger partial charge < -0.3 is 15.5 Å². The van der Waals surface area contributed by atoms with Crippen molar-refractivity contribution in [3.8, 4) is 0 Å². The number of aliphatic hydroxyl groups is 2. The van der Waals surface area contributed by atoms with Crippen LogP contribution in [0.2, 0.25) is 0 Å². The van der Waals surface area contributed by atoms with E-state index >= 15 is 0 Å². The minimum absolute atomic E-state index is 0.0239. The van der Waals surface area contributed by atoms with Crippen LogP contribution in [-0.2, 0) is 0 Å². The molecule has 3 N–H and O–H groups in total. The Labute approximate surface area is 107 Å². The number of hydrogen-bond donors (Lipinski definition) is 3. The summed E-state index contributed by atoms with van der Waals surface area (Å²) in [4.78, 5) is 5.62. The lowest BCUT2D eigenvalue weighted by Crippen LogP contribution is -2.38. The Balaban J connectivity index is 2.61. The van der Waals surface area contributed by atoms with E-state index in [0.717, 1.165) is 10.7 Å². The highest BCUT2D eigenvalue weighted by molar-refractivity contribution is 7.11. The third-order valence-electron chi connectivity index (χ3n) is 2.93. The van der Waals surface area contributed by atoms with Crippen LogP contribution in [0, 0.1) is 19.3 Å². The molecule has 0 aromatic carbocycles. The first kappa shape index (κ1) is 14.6. The molecular weight excluding hydrogens is 236 g/mol. The van der Waals surface area contributed by atoms with E-state index in [4.69, 9.17) is 0 Å². The van der Waals surface area contributed by atoms with E-state index in [-0.39, 0.29) is 19.3 Å². The predicted molar refractivity (Wildman–Crippen MR) is 70.3 cm³/mol. The highest BCUT2D eigenvalue weighted by atomic mass is 32.1. The van der Waals surface area contributed by atoms with Crippen LogP contribution in [0.25, 0.3) is 0 Å². The van der Waals surface area contributed by atoms with Crippen LogP contribution in [-0.4, -0.2) is 35.0 Å². The number of rotatable bonds is 6. The van der Waals surface area contributed by atoms with Gasteiger partial charge in [-0.15, -0.1) is 11.3 Å². The highest BCUT2D eigenvalue weighted by Crippen LogP contribution is 2.25. The number of thiazole rings is 1. The van der Waals surface area contributed by atoms with Gasteiger partial charge in [0.15, 0.2) is 0 Å². The van der Waals surface area contributed by atoms with Crippen molar-refractivity contribution in [2.24, 2.45) is 5.41 Å². The Morgan fingerprint density at radius 3 is 2.35 bits per heavy atom. The van der Waals surface area contributed by atoms with Crippen molar-refractivity contribution < 1.29 is 10.2 Å². The fourth-order valence-electron chi connectivity index (χ4n) is 1.60. The van der Waals surface area contributed by atoms with Gasteiger partial charge in [0.25, 0.3) is 0 Å². The highest BCUT2D eigenvalue weighted by Gasteiger charge is 2.23. The summed E-state index contributed by atoms with van der Waals surface area (Å²) in [6, 6.07) is 0.193. The average Bonchev–Trinajstić information content (AvgIpc) is 2.65. The first-order valence-corrected chi connectivity index (χ1v) is 6.62. The Hall–Kier alpha value is -0.490. The molecule has 98 valence electrons. The molecule has 1 unspecified atom stereocenters. The van der Waals surface area contributed by atoms with Gasteiger partial charge in [-0.25, -0.2) is 4.98 Å². The molecule has 0 spiro atoms. The number of hydrogen-bond acceptors (Lipinski definition) is 5. The SMILES string of the molecule is Cc1nc(C)c(C(C)NCC(C)(CO)CO)s1. The summed E-state index contributed by atoms with van der Waals surface area (Å²) in [7, 11) is 0. The van der Waals surface area contributed by atoms with Crippen LogP contribution >= 0.6 is 11.3 Å². The molecule has 0 aliphatic carbocycles. The van der Waals surface area contributed by atoms with E-state index in [1.807, 2.05) is 20.8 Å². The van der Waals surface area contributed by atoms with Gasteiger partial charge in [-0.1, -0.05) is 6.92 Å². The maximum atomic E-state index is 9.22. The first-order chi connectivity index (χ1) is 7.91. The molecule has 0 radical (unpaired) electrons. The monoisotopic (exact) mass is 258 g/mol. The molecule has 0 aliphatic rings. The van der Waals surface area contributed by atoms with Gasteiger partial charge in [0, 0.05) is 22.9 Å². The number of aryl methyl sites for hydroxylation is 2. The molecule has 0 aliphatic heterocycles. The molecule has 17 heavy (non-hydrogen) atoms. The van der Waals surface area contributed by atoms with Crippen LogP contribution in [0.15, 0.2) is 0 Å². The summed E-state index contributed by atoms with van der Waals surface area (Å²) < 4.78 is 0. The van der Waals surface area contributed by atoms with Crippen LogP contribution in [0.4, 0.5) is 0 Å². The van der Waals surface area contributed by atoms with E-state index in [2.05, 4.69) is 17.2 Å². The van der Waals surface area contributed by atoms with Crippen molar-refractivity contribution in [2.45, 2.75) is 33.7 Å². The van der Waals surface area contributed by atoms with Gasteiger partial charge in [-0.05, 0) is 20.8 Å². The fraction of sp³-hybridized carbons (Fsp3) is 0.750. The lowest BCUT2D eigenvalue weighted by molar-refractivity contribution is 0.0678. The number of nitrogens with one attached hydrogen (secondary N) is 1. The molecule has 4 nitrogen and oxygen atoms in total. The van der Waals surface area contributed by atoms with Crippen molar-refractivity contribution in [1.82, 2.24) is 10.3 Å². The Morgan fingerprint density at radius 1 is 1.35 bits per heavy atom. The summed E-state index contributed by atoms with van der Waals surface area (Å²) in [6.45, 7) is 8.48. The molecular formula is C12H22N2O2S. The van der Waals surface area contributed by atoms with Crippen LogP contribution in [0.1, 0.15) is 35.5 Å². The smallest absolute Gasteiger partial charge is 0.0900 e. The molecule has 0 bridgehead atoms. The van der Waals surface area contributed by atoms with Gasteiger partial charge in [0.05, 0.1) is 23.9 Å². The molecule has 1 aromatic heterocycles. The number of aliphatic hydroxyl groups excluding tert-OH is 2. The number of nitrogens with zero attached hydrogens (tertiary/aromatic N) is 1. The fourth-order valence-corrected chi connectivity index (χ4v) is 2.56. The summed E-state index contributed by atoms with van der Waals surface area (Å²) in [5.74, 6) is 0. The molecule has 0 fully saturated rings. The van der Waals surface area contributed by atoms with Gasteiger partial charge >= 0.3 is 0 Å². The predicted octanol–water partition coefficient (Wildman–Crippen LogP) is 1.40. The minimum Gasteiger partial charge on any atom is -0.396 e. The quantitative estimate of drug-likeness (QED) is 0.721. The average molecular weight is 258 g/mol. The molecule has 0 amide bonds. The van der Waals surface area contributed by atoms with Crippen molar-refractivity contribution >= 4 is 11.3 Å². The second kappa shape index (κ2) is 5.91. The Bertz CT molecular complexity index is 361. The lowest BCUT2D eigenvalue weighted by Gasteiger charge is -2.27. The molecule has 0 saturated heterocycles. The zero-order valence-corrected chi connectivity index (χ0v) is 11.8. The standard InChI is InChI=1S/C12H22N2O2S/c1-8(11-9(2)14-10(3)17-11)13-5-12(4,6-15)7-16/h8,13,15-16H,5-7H2,1-4H3. The van der Waals surface area contributed by atoms with E-state index < -0.39 is 5.41 Å². The van der Waals surface area contributed by atoms with Crippen molar-refractivity contribution in [3.05, 3.63) is 15.6 Å². The van der Waals surface area contributed by atoms with Crippen LogP contribution < -0.4 is 5.32 Å². The third-order valence-corrected chi connectivity index (χ3v) is 4.19. The van der Waals surface area contributed by atoms with Gasteiger partial charge in [0.1, 0.15) is 0 Å². The summed E-state index contributed by atoms with van der Waals surface area (Å²) in [5, 5.41) is 22.8. The Morgan fingerprint density at radius 2 is 1.94 bits per heavy atom. The molecule has 5 heteroatoms. The maximum absolute atomic E-state index is 9.22. The maximum Gasteiger partial charge on any atom is 0.0900 e. The van der Waals surface area contributed by atoms with Crippen molar-refractivity contribution in [2.75, 3.05) is 19.8 Å². The van der Waals surface area contributed by atoms with Crippen molar-refractivity contribution in [3.63, 3.8) is 0 Å². The second-order valence-electron chi connectivity index (χ2n) is 4.91. The summed E-state index contributed by atoms with van der Waals surface area (Å²) in [6.07, 6.45) is 0. The summed E-state index contributed by atoms with van der Waals surface area (Å²) in [5.41, 5.74) is 0.587. The van der Waals surface area contributed by atoms with Gasteiger partial charge in [-0.2, -0.15) is 0 Å². The van der Waals surface area contributed by atoms with Gasteiger partial charge in [0.2, 0.25) is 0 Å². The van der Waals surface area contributed by atoms with Crippen LogP contribution in [0.3, 0.4) is 0 Å². The topological polar surface area (TPSA) is 65.4 Å². The van der Waals surface area contributed by atoms with E-state index in [1.165, 1.54) is 4.88 Å². The second-order valence-corrected chi connectivity index (χ2v) is 6.15. The summed E-state index contributed by atoms with van der Waals surface area (Å²) >= 11 is 1.69. The lowest BCUT2D eigenvalue weighted by atomic mass is 9.93. The molecule has 1 atom stereocenters. The normalized spacial score (nSPS) is 14.0. The molecule has 1 aromatic rings. The zero-order chi connectivity index (χ0) is 13.1. The minimum atomic E-state index is -0.470. The zero-order valence-electron chi connectivity index (χ0n) is 10.9. The van der Waals surface area contributed by atoms with Gasteiger partial charge in [-0.3, -0.25) is 0 Å². The molecule has 1 heterocycles. The van der Waals surface area contributed by atoms with E-state index in [1.54, 1.807) is 11.3 Å². The largest absolute Gasteiger partial charge is 0.396 e. The van der Waals surface area contributed by atoms with Crippen molar-refractivity contribution in [1.29, 1.82) is 0 Å². The van der Waals surface area contributed by atoms with Crippen LogP contribution in [0.5, 0.6) is 0 Å². The molecule has 0 saturated carbocycles. The van der Waals surface area contributed by atoms with E-state index in [0.29, 0.717) is 6.54 Å².